The Morgan fingerprint density at radius 2 is 1.68 bits per heavy atom. The van der Waals surface area contributed by atoms with Crippen LogP contribution in [0.15, 0.2) is 48.5 Å². The lowest BCUT2D eigenvalue weighted by molar-refractivity contribution is 0.282. The molecule has 2 nitrogen and oxygen atoms in total. The topological polar surface area (TPSA) is 25.2 Å². The largest absolute Gasteiger partial charge is 0.392 e. The van der Waals surface area contributed by atoms with Crippen LogP contribution in [0, 0.1) is 6.92 Å². The van der Waals surface area contributed by atoms with E-state index < -0.39 is 0 Å². The summed E-state index contributed by atoms with van der Waals surface area (Å²) in [6, 6.07) is 16.5. The summed E-state index contributed by atoms with van der Waals surface area (Å²) in [6.07, 6.45) is 0. The lowest BCUT2D eigenvalue weighted by Gasteiger charge is -2.08. The fourth-order valence-electron chi connectivity index (χ4n) is 2.76. The molecule has 1 aromatic heterocycles. The maximum atomic E-state index is 9.54. The van der Waals surface area contributed by atoms with Crippen molar-refractivity contribution in [3.8, 4) is 11.1 Å². The summed E-state index contributed by atoms with van der Waals surface area (Å²) < 4.78 is 2.21. The predicted molar refractivity (Wildman–Crippen MR) is 79.0 cm³/mol. The van der Waals surface area contributed by atoms with E-state index in [9.17, 15) is 5.11 Å². The molecule has 0 amide bonds. The zero-order chi connectivity index (χ0) is 13.4. The number of rotatable bonds is 2. The summed E-state index contributed by atoms with van der Waals surface area (Å²) in [5, 5.41) is 10.8. The summed E-state index contributed by atoms with van der Waals surface area (Å²) in [5.74, 6) is 0. The van der Waals surface area contributed by atoms with E-state index in [1.165, 1.54) is 22.2 Å². The van der Waals surface area contributed by atoms with E-state index in [0.717, 1.165) is 11.1 Å². The number of para-hydroxylation sites is 1. The van der Waals surface area contributed by atoms with Gasteiger partial charge in [0.15, 0.2) is 0 Å². The van der Waals surface area contributed by atoms with Crippen molar-refractivity contribution >= 4 is 10.9 Å². The monoisotopic (exact) mass is 251 g/mol. The Morgan fingerprint density at radius 3 is 2.47 bits per heavy atom. The van der Waals surface area contributed by atoms with Crippen LogP contribution in [0.1, 0.15) is 11.3 Å². The molecule has 19 heavy (non-hydrogen) atoms. The van der Waals surface area contributed by atoms with Crippen molar-refractivity contribution in [2.75, 3.05) is 0 Å². The Balaban J connectivity index is 2.40. The summed E-state index contributed by atoms with van der Waals surface area (Å²) in [6.45, 7) is 2.20. The molecule has 0 spiro atoms. The van der Waals surface area contributed by atoms with Crippen molar-refractivity contribution in [3.05, 3.63) is 59.8 Å². The van der Waals surface area contributed by atoms with Crippen LogP contribution in [0.25, 0.3) is 22.0 Å². The molecule has 1 N–H and O–H groups in total. The summed E-state index contributed by atoms with van der Waals surface area (Å²) in [7, 11) is 2.09. The van der Waals surface area contributed by atoms with Crippen LogP contribution in [-0.4, -0.2) is 9.67 Å². The van der Waals surface area contributed by atoms with E-state index in [1.807, 2.05) is 18.2 Å². The van der Waals surface area contributed by atoms with Gasteiger partial charge in [-0.1, -0.05) is 42.5 Å². The smallest absolute Gasteiger partial charge is 0.0687 e. The molecular formula is C17H17NO. The van der Waals surface area contributed by atoms with Gasteiger partial charge in [-0.2, -0.15) is 0 Å². The summed E-state index contributed by atoms with van der Waals surface area (Å²) >= 11 is 0. The lowest BCUT2D eigenvalue weighted by atomic mass is 9.97. The highest BCUT2D eigenvalue weighted by Gasteiger charge is 2.15. The Bertz CT molecular complexity index is 740. The molecule has 0 saturated heterocycles. The minimum atomic E-state index is 0.0683. The highest BCUT2D eigenvalue weighted by Crippen LogP contribution is 2.35. The van der Waals surface area contributed by atoms with Crippen molar-refractivity contribution in [1.29, 1.82) is 0 Å². The second-order valence-electron chi connectivity index (χ2n) is 4.85. The number of aliphatic hydroxyl groups excluding tert-OH is 1. The minimum absolute atomic E-state index is 0.0683. The molecule has 0 aliphatic rings. The van der Waals surface area contributed by atoms with E-state index in [4.69, 9.17) is 0 Å². The van der Waals surface area contributed by atoms with Crippen LogP contribution >= 0.6 is 0 Å². The minimum Gasteiger partial charge on any atom is -0.392 e. The average Bonchev–Trinajstić information content (AvgIpc) is 2.71. The second-order valence-corrected chi connectivity index (χ2v) is 4.85. The molecule has 0 unspecified atom stereocenters. The zero-order valence-electron chi connectivity index (χ0n) is 11.2. The number of benzene rings is 2. The molecule has 0 bridgehead atoms. The van der Waals surface area contributed by atoms with Crippen LogP contribution in [0.5, 0.6) is 0 Å². The molecule has 3 rings (SSSR count). The van der Waals surface area contributed by atoms with Crippen LogP contribution in [0.2, 0.25) is 0 Å². The normalized spacial score (nSPS) is 11.1. The van der Waals surface area contributed by atoms with Gasteiger partial charge in [-0.3, -0.25) is 0 Å². The molecule has 0 fully saturated rings. The first-order chi connectivity index (χ1) is 9.24. The highest BCUT2D eigenvalue weighted by molar-refractivity contribution is 5.98. The van der Waals surface area contributed by atoms with Gasteiger partial charge in [-0.05, 0) is 24.1 Å². The van der Waals surface area contributed by atoms with Gasteiger partial charge in [0.1, 0.15) is 0 Å². The van der Waals surface area contributed by atoms with Gasteiger partial charge < -0.3 is 9.67 Å². The quantitative estimate of drug-likeness (QED) is 0.739. The van der Waals surface area contributed by atoms with Crippen molar-refractivity contribution in [2.45, 2.75) is 13.5 Å². The number of aliphatic hydroxyl groups is 1. The molecule has 96 valence electrons. The van der Waals surface area contributed by atoms with Crippen LogP contribution in [0.4, 0.5) is 0 Å². The fraction of sp³-hybridized carbons (Fsp3) is 0.176. The number of fused-ring (bicyclic) bond motifs is 1. The summed E-state index contributed by atoms with van der Waals surface area (Å²) in [4.78, 5) is 0. The average molecular weight is 251 g/mol. The first-order valence-corrected chi connectivity index (χ1v) is 6.47. The SMILES string of the molecule is Cc1c(-c2ccccc2CO)c2ccccc2n1C. The van der Waals surface area contributed by atoms with Crippen LogP contribution < -0.4 is 0 Å². The molecule has 2 heteroatoms. The number of hydrogen-bond donors (Lipinski definition) is 1. The molecular weight excluding hydrogens is 234 g/mol. The third kappa shape index (κ3) is 1.76. The van der Waals surface area contributed by atoms with E-state index in [0.29, 0.717) is 0 Å². The van der Waals surface area contributed by atoms with E-state index in [1.54, 1.807) is 0 Å². The second kappa shape index (κ2) is 4.56. The zero-order valence-corrected chi connectivity index (χ0v) is 11.2. The molecule has 0 aliphatic carbocycles. The number of aryl methyl sites for hydroxylation is 1. The van der Waals surface area contributed by atoms with Crippen molar-refractivity contribution in [2.24, 2.45) is 7.05 Å². The van der Waals surface area contributed by atoms with Crippen molar-refractivity contribution in [1.82, 2.24) is 4.57 Å². The molecule has 1 heterocycles. The van der Waals surface area contributed by atoms with Gasteiger partial charge in [0.25, 0.3) is 0 Å². The van der Waals surface area contributed by atoms with Crippen molar-refractivity contribution in [3.63, 3.8) is 0 Å². The maximum absolute atomic E-state index is 9.54. The summed E-state index contributed by atoms with van der Waals surface area (Å²) in [5.41, 5.74) is 5.77. The van der Waals surface area contributed by atoms with Gasteiger partial charge in [0, 0.05) is 29.2 Å². The van der Waals surface area contributed by atoms with Gasteiger partial charge in [0.05, 0.1) is 6.61 Å². The molecule has 3 aromatic rings. The van der Waals surface area contributed by atoms with Gasteiger partial charge in [-0.15, -0.1) is 0 Å². The van der Waals surface area contributed by atoms with E-state index in [-0.39, 0.29) is 6.61 Å². The first-order valence-electron chi connectivity index (χ1n) is 6.47. The maximum Gasteiger partial charge on any atom is 0.0687 e. The van der Waals surface area contributed by atoms with Crippen molar-refractivity contribution < 1.29 is 5.11 Å². The third-order valence-corrected chi connectivity index (χ3v) is 3.86. The van der Waals surface area contributed by atoms with E-state index in [2.05, 4.69) is 48.9 Å². The number of nitrogens with zero attached hydrogens (tertiary/aromatic N) is 1. The molecule has 0 radical (unpaired) electrons. The lowest BCUT2D eigenvalue weighted by Crippen LogP contribution is -1.93. The highest BCUT2D eigenvalue weighted by atomic mass is 16.3. The number of hydrogen-bond acceptors (Lipinski definition) is 1. The van der Waals surface area contributed by atoms with Crippen LogP contribution in [0.3, 0.4) is 0 Å². The first kappa shape index (κ1) is 12.0. The molecule has 0 saturated carbocycles. The Hall–Kier alpha value is -2.06. The van der Waals surface area contributed by atoms with Gasteiger partial charge in [-0.25, -0.2) is 0 Å². The van der Waals surface area contributed by atoms with Crippen LogP contribution in [-0.2, 0) is 13.7 Å². The Morgan fingerprint density at radius 1 is 1.00 bits per heavy atom. The van der Waals surface area contributed by atoms with Gasteiger partial charge in [0.2, 0.25) is 0 Å². The Labute approximate surface area is 112 Å². The molecule has 0 aliphatic heterocycles. The molecule has 0 atom stereocenters. The van der Waals surface area contributed by atoms with E-state index >= 15 is 0 Å². The Kier molecular flexibility index (Phi) is 2.88. The third-order valence-electron chi connectivity index (χ3n) is 3.86. The predicted octanol–water partition coefficient (Wildman–Crippen LogP) is 3.65. The standard InChI is InChI=1S/C17H17NO/c1-12-17(14-8-4-3-7-13(14)11-19)15-9-5-6-10-16(15)18(12)2/h3-10,19H,11H2,1-2H3. The number of aromatic nitrogens is 1. The molecule has 2 aromatic carbocycles. The van der Waals surface area contributed by atoms with Gasteiger partial charge >= 0.3 is 0 Å². The fourth-order valence-corrected chi connectivity index (χ4v) is 2.76.